The molecule has 0 aliphatic heterocycles. The van der Waals surface area contributed by atoms with E-state index in [1.165, 1.54) is 0 Å². The largest absolute Gasteiger partial charge is 0.493 e. The lowest BCUT2D eigenvalue weighted by Gasteiger charge is -2.15. The second kappa shape index (κ2) is 7.50. The van der Waals surface area contributed by atoms with E-state index in [1.807, 2.05) is 18.2 Å². The van der Waals surface area contributed by atoms with Crippen molar-refractivity contribution in [1.29, 1.82) is 0 Å². The molecule has 0 aliphatic rings. The van der Waals surface area contributed by atoms with Crippen molar-refractivity contribution in [2.24, 2.45) is 11.7 Å². The van der Waals surface area contributed by atoms with Gasteiger partial charge in [0.05, 0.1) is 14.2 Å². The van der Waals surface area contributed by atoms with E-state index in [-0.39, 0.29) is 6.04 Å². The molecule has 0 radical (unpaired) electrons. The van der Waals surface area contributed by atoms with Crippen LogP contribution in [0.3, 0.4) is 0 Å². The van der Waals surface area contributed by atoms with Gasteiger partial charge in [-0.1, -0.05) is 19.9 Å². The van der Waals surface area contributed by atoms with Gasteiger partial charge in [0.1, 0.15) is 0 Å². The molecule has 0 aliphatic carbocycles. The van der Waals surface area contributed by atoms with Gasteiger partial charge < -0.3 is 15.2 Å². The Balaban J connectivity index is 2.77. The van der Waals surface area contributed by atoms with Crippen LogP contribution in [0.25, 0.3) is 0 Å². The number of rotatable bonds is 7. The van der Waals surface area contributed by atoms with Gasteiger partial charge in [-0.3, -0.25) is 4.21 Å². The predicted molar refractivity (Wildman–Crippen MR) is 79.2 cm³/mol. The minimum atomic E-state index is -0.893. The third-order valence-electron chi connectivity index (χ3n) is 2.72. The smallest absolute Gasteiger partial charge is 0.161 e. The molecule has 0 saturated heterocycles. The Morgan fingerprint density at radius 3 is 2.32 bits per heavy atom. The molecule has 2 unspecified atom stereocenters. The summed E-state index contributed by atoms with van der Waals surface area (Å²) in [7, 11) is 2.29. The quantitative estimate of drug-likeness (QED) is 0.833. The molecule has 2 N–H and O–H groups in total. The summed E-state index contributed by atoms with van der Waals surface area (Å²) in [5.41, 5.74) is 7.01. The third kappa shape index (κ3) is 4.84. The van der Waals surface area contributed by atoms with Gasteiger partial charge in [0, 0.05) is 28.3 Å². The first kappa shape index (κ1) is 16.0. The SMILES string of the molecule is COc1ccc(C(N)CS(=O)CC(C)C)cc1OC. The van der Waals surface area contributed by atoms with Crippen LogP contribution in [0, 0.1) is 5.92 Å². The van der Waals surface area contributed by atoms with Crippen LogP contribution in [-0.2, 0) is 10.8 Å². The second-order valence-electron chi connectivity index (χ2n) is 4.89. The maximum Gasteiger partial charge on any atom is 0.161 e. The Morgan fingerprint density at radius 1 is 1.16 bits per heavy atom. The van der Waals surface area contributed by atoms with E-state index in [9.17, 15) is 4.21 Å². The van der Waals surface area contributed by atoms with Crippen LogP contribution in [0.5, 0.6) is 11.5 Å². The van der Waals surface area contributed by atoms with Crippen molar-refractivity contribution in [3.05, 3.63) is 23.8 Å². The fourth-order valence-electron chi connectivity index (χ4n) is 1.82. The molecule has 19 heavy (non-hydrogen) atoms. The summed E-state index contributed by atoms with van der Waals surface area (Å²) in [6.07, 6.45) is 0. The van der Waals surface area contributed by atoms with Gasteiger partial charge in [-0.25, -0.2) is 0 Å². The van der Waals surface area contributed by atoms with Gasteiger partial charge in [0.15, 0.2) is 11.5 Å². The topological polar surface area (TPSA) is 61.5 Å². The molecule has 0 fully saturated rings. The van der Waals surface area contributed by atoms with Crippen LogP contribution in [0.1, 0.15) is 25.5 Å². The average molecular weight is 285 g/mol. The summed E-state index contributed by atoms with van der Waals surface area (Å²) in [6.45, 7) is 4.11. The van der Waals surface area contributed by atoms with Crippen molar-refractivity contribution >= 4 is 10.8 Å². The Morgan fingerprint density at radius 2 is 1.79 bits per heavy atom. The number of hydrogen-bond acceptors (Lipinski definition) is 4. The fourth-order valence-corrected chi connectivity index (χ4v) is 3.29. The van der Waals surface area contributed by atoms with Crippen LogP contribution in [0.4, 0.5) is 0 Å². The molecule has 1 aromatic rings. The van der Waals surface area contributed by atoms with Gasteiger partial charge in [0.25, 0.3) is 0 Å². The maximum absolute atomic E-state index is 11.9. The van der Waals surface area contributed by atoms with Gasteiger partial charge >= 0.3 is 0 Å². The number of methoxy groups -OCH3 is 2. The number of ether oxygens (including phenoxy) is 2. The maximum atomic E-state index is 11.9. The average Bonchev–Trinajstić information content (AvgIpc) is 2.36. The zero-order valence-electron chi connectivity index (χ0n) is 12.0. The van der Waals surface area contributed by atoms with E-state index in [4.69, 9.17) is 15.2 Å². The molecule has 5 heteroatoms. The van der Waals surface area contributed by atoms with Crippen molar-refractivity contribution in [1.82, 2.24) is 0 Å². The van der Waals surface area contributed by atoms with Gasteiger partial charge in [-0.15, -0.1) is 0 Å². The molecule has 1 rings (SSSR count). The molecule has 1 aromatic carbocycles. The van der Waals surface area contributed by atoms with Gasteiger partial charge in [-0.2, -0.15) is 0 Å². The zero-order chi connectivity index (χ0) is 14.4. The zero-order valence-corrected chi connectivity index (χ0v) is 12.8. The minimum Gasteiger partial charge on any atom is -0.493 e. The van der Waals surface area contributed by atoms with E-state index >= 15 is 0 Å². The molecular weight excluding hydrogens is 262 g/mol. The first-order valence-electron chi connectivity index (χ1n) is 6.30. The highest BCUT2D eigenvalue weighted by molar-refractivity contribution is 7.85. The van der Waals surface area contributed by atoms with Crippen LogP contribution in [0.15, 0.2) is 18.2 Å². The Labute approximate surface area is 117 Å². The first-order chi connectivity index (χ1) is 8.97. The highest BCUT2D eigenvalue weighted by Crippen LogP contribution is 2.29. The summed E-state index contributed by atoms with van der Waals surface area (Å²) in [6, 6.07) is 5.30. The van der Waals surface area contributed by atoms with Gasteiger partial charge in [-0.05, 0) is 23.6 Å². The highest BCUT2D eigenvalue weighted by Gasteiger charge is 2.14. The molecule has 0 bridgehead atoms. The van der Waals surface area contributed by atoms with Crippen LogP contribution < -0.4 is 15.2 Å². The third-order valence-corrected chi connectivity index (χ3v) is 4.49. The Kier molecular flexibility index (Phi) is 6.31. The minimum absolute atomic E-state index is 0.251. The van der Waals surface area contributed by atoms with Crippen molar-refractivity contribution in [2.75, 3.05) is 25.7 Å². The second-order valence-corrected chi connectivity index (χ2v) is 6.43. The van der Waals surface area contributed by atoms with Crippen LogP contribution in [0.2, 0.25) is 0 Å². The monoisotopic (exact) mass is 285 g/mol. The van der Waals surface area contributed by atoms with Crippen molar-refractivity contribution in [2.45, 2.75) is 19.9 Å². The lowest BCUT2D eigenvalue weighted by atomic mass is 10.1. The predicted octanol–water partition coefficient (Wildman–Crippen LogP) is 2.11. The number of benzene rings is 1. The molecule has 4 nitrogen and oxygen atoms in total. The van der Waals surface area contributed by atoms with E-state index in [2.05, 4.69) is 13.8 Å². The summed E-state index contributed by atoms with van der Waals surface area (Å²) in [5.74, 6) is 2.87. The summed E-state index contributed by atoms with van der Waals surface area (Å²) in [4.78, 5) is 0. The Hall–Kier alpha value is -1.07. The Bertz CT molecular complexity index is 435. The van der Waals surface area contributed by atoms with Crippen molar-refractivity contribution in [3.63, 3.8) is 0 Å². The first-order valence-corrected chi connectivity index (χ1v) is 7.79. The lowest BCUT2D eigenvalue weighted by molar-refractivity contribution is 0.354. The molecular formula is C14H23NO3S. The van der Waals surface area contributed by atoms with E-state index in [0.29, 0.717) is 28.9 Å². The van der Waals surface area contributed by atoms with Gasteiger partial charge in [0.2, 0.25) is 0 Å². The molecule has 0 heterocycles. The molecule has 0 saturated carbocycles. The summed E-state index contributed by atoms with van der Waals surface area (Å²) < 4.78 is 22.3. The molecule has 108 valence electrons. The molecule has 0 spiro atoms. The molecule has 2 atom stereocenters. The standard InChI is InChI=1S/C14H23NO3S/c1-10(2)8-19(16)9-12(15)11-5-6-13(17-3)14(7-11)18-4/h5-7,10,12H,8-9,15H2,1-4H3. The van der Waals surface area contributed by atoms with Crippen molar-refractivity contribution in [3.8, 4) is 11.5 Å². The number of nitrogens with two attached hydrogens (primary N) is 1. The van der Waals surface area contributed by atoms with E-state index < -0.39 is 10.8 Å². The summed E-state index contributed by atoms with van der Waals surface area (Å²) in [5, 5.41) is 0. The highest BCUT2D eigenvalue weighted by atomic mass is 32.2. The summed E-state index contributed by atoms with van der Waals surface area (Å²) >= 11 is 0. The van der Waals surface area contributed by atoms with E-state index in [0.717, 1.165) is 5.56 Å². The molecule has 0 aromatic heterocycles. The lowest BCUT2D eigenvalue weighted by Crippen LogP contribution is -2.21. The van der Waals surface area contributed by atoms with Crippen LogP contribution in [-0.4, -0.2) is 29.9 Å². The normalized spacial score (nSPS) is 14.2. The number of hydrogen-bond donors (Lipinski definition) is 1. The fraction of sp³-hybridized carbons (Fsp3) is 0.571. The molecule has 0 amide bonds. The van der Waals surface area contributed by atoms with Crippen LogP contribution >= 0.6 is 0 Å². The van der Waals surface area contributed by atoms with Crippen molar-refractivity contribution < 1.29 is 13.7 Å². The van der Waals surface area contributed by atoms with E-state index in [1.54, 1.807) is 14.2 Å².